The molecule has 3 aromatic rings. The van der Waals surface area contributed by atoms with Gasteiger partial charge in [0.2, 0.25) is 10.0 Å². The largest absolute Gasteiger partial charge is 0.497 e. The summed E-state index contributed by atoms with van der Waals surface area (Å²) in [6, 6.07) is 19.2. The number of halogens is 2. The Balaban J connectivity index is 1.79. The Morgan fingerprint density at radius 1 is 1.00 bits per heavy atom. The molecule has 36 heavy (non-hydrogen) atoms. The zero-order chi connectivity index (χ0) is 26.5. The van der Waals surface area contributed by atoms with Gasteiger partial charge in [0.15, 0.2) is 0 Å². The van der Waals surface area contributed by atoms with Gasteiger partial charge in [0.25, 0.3) is 5.91 Å². The van der Waals surface area contributed by atoms with Crippen molar-refractivity contribution in [3.8, 4) is 5.75 Å². The second-order valence-electron chi connectivity index (χ2n) is 8.97. The van der Waals surface area contributed by atoms with Gasteiger partial charge in [-0.15, -0.1) is 0 Å². The van der Waals surface area contributed by atoms with Crippen molar-refractivity contribution in [3.05, 3.63) is 93.5 Å². The number of benzene rings is 3. The summed E-state index contributed by atoms with van der Waals surface area (Å²) >= 11 is 12.4. The molecule has 0 saturated heterocycles. The SMILES string of the molecule is COc1ccc([C@@H](CC(C)C)NC(=O)c2ccc(CN(c3cccc(Cl)c3Cl)S(C)(=O)=O)cc2)cc1. The van der Waals surface area contributed by atoms with E-state index >= 15 is 0 Å². The summed E-state index contributed by atoms with van der Waals surface area (Å²) in [5.74, 6) is 0.923. The van der Waals surface area contributed by atoms with Crippen LogP contribution in [0, 0.1) is 5.92 Å². The Kier molecular flexibility index (Phi) is 9.28. The van der Waals surface area contributed by atoms with Crippen LogP contribution in [0.4, 0.5) is 5.69 Å². The van der Waals surface area contributed by atoms with E-state index < -0.39 is 10.0 Å². The van der Waals surface area contributed by atoms with Crippen LogP contribution in [0.15, 0.2) is 66.7 Å². The molecule has 1 atom stereocenters. The molecule has 0 saturated carbocycles. The van der Waals surface area contributed by atoms with Crippen LogP contribution in [-0.4, -0.2) is 27.7 Å². The Morgan fingerprint density at radius 2 is 1.64 bits per heavy atom. The van der Waals surface area contributed by atoms with Gasteiger partial charge in [-0.1, -0.05) is 67.4 Å². The molecule has 0 spiro atoms. The monoisotopic (exact) mass is 548 g/mol. The molecule has 192 valence electrons. The average Bonchev–Trinajstić information content (AvgIpc) is 2.83. The van der Waals surface area contributed by atoms with Crippen LogP contribution in [0.5, 0.6) is 5.75 Å². The Bertz CT molecular complexity index is 1290. The highest BCUT2D eigenvalue weighted by atomic mass is 35.5. The molecule has 0 aliphatic rings. The fourth-order valence-corrected chi connectivity index (χ4v) is 5.16. The molecule has 0 fully saturated rings. The smallest absolute Gasteiger partial charge is 0.251 e. The van der Waals surface area contributed by atoms with Crippen LogP contribution in [-0.2, 0) is 16.6 Å². The third-order valence-electron chi connectivity index (χ3n) is 5.67. The first-order valence-corrected chi connectivity index (χ1v) is 14.1. The zero-order valence-corrected chi connectivity index (χ0v) is 23.0. The molecule has 3 rings (SSSR count). The molecule has 1 amide bonds. The van der Waals surface area contributed by atoms with Crippen molar-refractivity contribution >= 4 is 44.8 Å². The topological polar surface area (TPSA) is 75.7 Å². The highest BCUT2D eigenvalue weighted by Gasteiger charge is 2.22. The van der Waals surface area contributed by atoms with Gasteiger partial charge in [0.05, 0.1) is 41.7 Å². The van der Waals surface area contributed by atoms with Gasteiger partial charge in [-0.2, -0.15) is 0 Å². The number of sulfonamides is 1. The van der Waals surface area contributed by atoms with E-state index in [1.54, 1.807) is 49.6 Å². The number of ether oxygens (including phenoxy) is 1. The van der Waals surface area contributed by atoms with Crippen molar-refractivity contribution in [2.24, 2.45) is 5.92 Å². The Morgan fingerprint density at radius 3 is 2.19 bits per heavy atom. The number of nitrogens with one attached hydrogen (secondary N) is 1. The quantitative estimate of drug-likeness (QED) is 0.314. The molecule has 0 aliphatic heterocycles. The van der Waals surface area contributed by atoms with Gasteiger partial charge in [0.1, 0.15) is 5.75 Å². The van der Waals surface area contributed by atoms with Gasteiger partial charge in [0, 0.05) is 5.56 Å². The molecule has 0 radical (unpaired) electrons. The van der Waals surface area contributed by atoms with E-state index in [1.807, 2.05) is 24.3 Å². The first kappa shape index (κ1) is 27.8. The minimum absolute atomic E-state index is 0.0443. The highest BCUT2D eigenvalue weighted by Crippen LogP contribution is 2.34. The molecule has 9 heteroatoms. The van der Waals surface area contributed by atoms with Gasteiger partial charge >= 0.3 is 0 Å². The fourth-order valence-electron chi connectivity index (χ4n) is 3.82. The molecule has 0 aromatic heterocycles. The van der Waals surface area contributed by atoms with E-state index in [0.29, 0.717) is 22.7 Å². The van der Waals surface area contributed by atoms with Gasteiger partial charge in [-0.3, -0.25) is 9.10 Å². The molecule has 0 unspecified atom stereocenters. The molecule has 0 aliphatic carbocycles. The number of rotatable bonds is 10. The van der Waals surface area contributed by atoms with E-state index in [1.165, 1.54) is 4.31 Å². The number of nitrogens with zero attached hydrogens (tertiary/aromatic N) is 1. The van der Waals surface area contributed by atoms with Crippen molar-refractivity contribution in [3.63, 3.8) is 0 Å². The average molecular weight is 550 g/mol. The third kappa shape index (κ3) is 7.15. The van der Waals surface area contributed by atoms with Crippen LogP contribution in [0.3, 0.4) is 0 Å². The molecule has 1 N–H and O–H groups in total. The van der Waals surface area contributed by atoms with Crippen molar-refractivity contribution in [1.82, 2.24) is 5.32 Å². The number of carbonyl (C=O) groups is 1. The summed E-state index contributed by atoms with van der Waals surface area (Å²) in [6.45, 7) is 4.26. The van der Waals surface area contributed by atoms with Gasteiger partial charge in [-0.25, -0.2) is 8.42 Å². The summed E-state index contributed by atoms with van der Waals surface area (Å²) in [6.07, 6.45) is 1.89. The standard InChI is InChI=1S/C27H30Cl2N2O4S/c1-18(2)16-24(20-12-14-22(35-3)15-13-20)30-27(32)21-10-8-19(9-11-21)17-31(36(4,33)34)25-7-5-6-23(28)26(25)29/h5-15,18,24H,16-17H2,1-4H3,(H,30,32)/t24-/m1/s1. The summed E-state index contributed by atoms with van der Waals surface area (Å²) in [5, 5.41) is 3.55. The Hall–Kier alpha value is -2.74. The number of carbonyl (C=O) groups excluding carboxylic acids is 1. The van der Waals surface area contributed by atoms with Gasteiger partial charge in [-0.05, 0) is 59.9 Å². The highest BCUT2D eigenvalue weighted by molar-refractivity contribution is 7.92. The van der Waals surface area contributed by atoms with Crippen LogP contribution in [0.2, 0.25) is 10.0 Å². The third-order valence-corrected chi connectivity index (χ3v) is 7.61. The maximum atomic E-state index is 13.1. The zero-order valence-electron chi connectivity index (χ0n) is 20.7. The lowest BCUT2D eigenvalue weighted by atomic mass is 9.96. The number of anilines is 1. The molecule has 0 heterocycles. The first-order valence-electron chi connectivity index (χ1n) is 11.4. The van der Waals surface area contributed by atoms with Crippen molar-refractivity contribution in [2.45, 2.75) is 32.9 Å². The predicted octanol–water partition coefficient (Wildman–Crippen LogP) is 6.49. The Labute approximate surface area is 223 Å². The summed E-state index contributed by atoms with van der Waals surface area (Å²) in [5.41, 5.74) is 2.47. The van der Waals surface area contributed by atoms with Crippen LogP contribution >= 0.6 is 23.2 Å². The van der Waals surface area contributed by atoms with Crippen molar-refractivity contribution in [2.75, 3.05) is 17.7 Å². The van der Waals surface area contributed by atoms with Gasteiger partial charge < -0.3 is 10.1 Å². The van der Waals surface area contributed by atoms with Crippen molar-refractivity contribution < 1.29 is 17.9 Å². The van der Waals surface area contributed by atoms with E-state index in [4.69, 9.17) is 27.9 Å². The number of hydrogen-bond donors (Lipinski definition) is 1. The predicted molar refractivity (Wildman–Crippen MR) is 147 cm³/mol. The van der Waals surface area contributed by atoms with E-state index in [0.717, 1.165) is 24.0 Å². The van der Waals surface area contributed by atoms with E-state index in [9.17, 15) is 13.2 Å². The fraction of sp³-hybridized carbons (Fsp3) is 0.296. The minimum Gasteiger partial charge on any atom is -0.497 e. The van der Waals surface area contributed by atoms with Crippen molar-refractivity contribution in [1.29, 1.82) is 0 Å². The molecular formula is C27H30Cl2N2O4S. The lowest BCUT2D eigenvalue weighted by molar-refractivity contribution is 0.0932. The molecule has 6 nitrogen and oxygen atoms in total. The van der Waals surface area contributed by atoms with Crippen LogP contribution in [0.25, 0.3) is 0 Å². The maximum Gasteiger partial charge on any atom is 0.251 e. The second-order valence-corrected chi connectivity index (χ2v) is 11.7. The maximum absolute atomic E-state index is 13.1. The normalized spacial score (nSPS) is 12.3. The van der Waals surface area contributed by atoms with Crippen LogP contribution < -0.4 is 14.4 Å². The first-order chi connectivity index (χ1) is 17.0. The summed E-state index contributed by atoms with van der Waals surface area (Å²) < 4.78 is 31.5. The lowest BCUT2D eigenvalue weighted by Crippen LogP contribution is -2.30. The minimum atomic E-state index is -3.64. The number of amides is 1. The van der Waals surface area contributed by atoms with E-state index in [2.05, 4.69) is 19.2 Å². The van der Waals surface area contributed by atoms with Crippen LogP contribution in [0.1, 0.15) is 47.8 Å². The lowest BCUT2D eigenvalue weighted by Gasteiger charge is -2.24. The number of hydrogen-bond acceptors (Lipinski definition) is 4. The molecular weight excluding hydrogens is 519 g/mol. The summed E-state index contributed by atoms with van der Waals surface area (Å²) in [4.78, 5) is 13.1. The number of methoxy groups -OCH3 is 1. The summed E-state index contributed by atoms with van der Waals surface area (Å²) in [7, 11) is -2.03. The molecule has 0 bridgehead atoms. The van der Waals surface area contributed by atoms with E-state index in [-0.39, 0.29) is 28.5 Å². The molecule has 3 aromatic carbocycles. The second kappa shape index (κ2) is 12.0.